The zero-order chi connectivity index (χ0) is 10.8. The lowest BCUT2D eigenvalue weighted by Gasteiger charge is -2.33. The summed E-state index contributed by atoms with van der Waals surface area (Å²) in [7, 11) is 1.75. The SMILES string of the molecule is CC.COCCCN1CCOCC1C. The second-order valence-electron chi connectivity index (χ2n) is 3.31. The third-order valence-electron chi connectivity index (χ3n) is 2.30. The van der Waals surface area contributed by atoms with Gasteiger partial charge in [-0.15, -0.1) is 0 Å². The van der Waals surface area contributed by atoms with Gasteiger partial charge in [-0.25, -0.2) is 0 Å². The lowest BCUT2D eigenvalue weighted by Crippen LogP contribution is -2.44. The van der Waals surface area contributed by atoms with Gasteiger partial charge in [-0.2, -0.15) is 0 Å². The van der Waals surface area contributed by atoms with Crippen LogP contribution in [0.3, 0.4) is 0 Å². The minimum atomic E-state index is 0.579. The highest BCUT2D eigenvalue weighted by Gasteiger charge is 2.17. The van der Waals surface area contributed by atoms with Crippen molar-refractivity contribution >= 4 is 0 Å². The molecule has 1 atom stereocenters. The molecule has 1 unspecified atom stereocenters. The summed E-state index contributed by atoms with van der Waals surface area (Å²) >= 11 is 0. The molecule has 3 nitrogen and oxygen atoms in total. The largest absolute Gasteiger partial charge is 0.385 e. The number of ether oxygens (including phenoxy) is 2. The molecule has 0 aromatic heterocycles. The van der Waals surface area contributed by atoms with Crippen LogP contribution in [0.15, 0.2) is 0 Å². The summed E-state index contributed by atoms with van der Waals surface area (Å²) in [5.74, 6) is 0. The highest BCUT2D eigenvalue weighted by molar-refractivity contribution is 4.70. The summed E-state index contributed by atoms with van der Waals surface area (Å²) in [6.07, 6.45) is 1.13. The van der Waals surface area contributed by atoms with Crippen LogP contribution in [0.1, 0.15) is 27.2 Å². The molecule has 0 spiro atoms. The van der Waals surface area contributed by atoms with Crippen molar-refractivity contribution in [2.24, 2.45) is 0 Å². The third kappa shape index (κ3) is 5.58. The molecule has 1 fully saturated rings. The number of nitrogens with zero attached hydrogens (tertiary/aromatic N) is 1. The molecule has 14 heavy (non-hydrogen) atoms. The van der Waals surface area contributed by atoms with Crippen LogP contribution >= 0.6 is 0 Å². The Bertz CT molecular complexity index is 120. The summed E-state index contributed by atoms with van der Waals surface area (Å²) in [6, 6.07) is 0.579. The Hall–Kier alpha value is -0.120. The van der Waals surface area contributed by atoms with Crippen molar-refractivity contribution in [3.8, 4) is 0 Å². The van der Waals surface area contributed by atoms with E-state index in [0.717, 1.165) is 39.3 Å². The molecule has 1 aliphatic rings. The van der Waals surface area contributed by atoms with E-state index in [4.69, 9.17) is 9.47 Å². The second kappa shape index (κ2) is 9.44. The van der Waals surface area contributed by atoms with E-state index in [-0.39, 0.29) is 0 Å². The van der Waals surface area contributed by atoms with E-state index in [1.807, 2.05) is 13.8 Å². The van der Waals surface area contributed by atoms with Crippen molar-refractivity contribution < 1.29 is 9.47 Å². The van der Waals surface area contributed by atoms with Crippen molar-refractivity contribution in [1.29, 1.82) is 0 Å². The van der Waals surface area contributed by atoms with Gasteiger partial charge in [0.05, 0.1) is 13.2 Å². The van der Waals surface area contributed by atoms with Crippen LogP contribution in [0.2, 0.25) is 0 Å². The molecule has 0 saturated carbocycles. The minimum absolute atomic E-state index is 0.579. The first-order valence-corrected chi connectivity index (χ1v) is 5.65. The van der Waals surface area contributed by atoms with Gasteiger partial charge in [0.2, 0.25) is 0 Å². The van der Waals surface area contributed by atoms with Crippen molar-refractivity contribution in [3.63, 3.8) is 0 Å². The minimum Gasteiger partial charge on any atom is -0.385 e. The van der Waals surface area contributed by atoms with Gasteiger partial charge in [-0.05, 0) is 13.3 Å². The fourth-order valence-electron chi connectivity index (χ4n) is 1.51. The molecule has 0 aromatic rings. The van der Waals surface area contributed by atoms with E-state index in [1.165, 1.54) is 0 Å². The van der Waals surface area contributed by atoms with Crippen molar-refractivity contribution in [3.05, 3.63) is 0 Å². The molecule has 0 N–H and O–H groups in total. The Morgan fingerprint density at radius 2 is 2.14 bits per heavy atom. The van der Waals surface area contributed by atoms with Crippen LogP contribution < -0.4 is 0 Å². The molecule has 0 aliphatic carbocycles. The Morgan fingerprint density at radius 1 is 1.43 bits per heavy atom. The summed E-state index contributed by atoms with van der Waals surface area (Å²) in [5.41, 5.74) is 0. The lowest BCUT2D eigenvalue weighted by atomic mass is 10.2. The number of hydrogen-bond acceptors (Lipinski definition) is 3. The Labute approximate surface area is 88.4 Å². The molecule has 1 saturated heterocycles. The fourth-order valence-corrected chi connectivity index (χ4v) is 1.51. The van der Waals surface area contributed by atoms with E-state index in [1.54, 1.807) is 7.11 Å². The topological polar surface area (TPSA) is 21.7 Å². The van der Waals surface area contributed by atoms with Gasteiger partial charge >= 0.3 is 0 Å². The summed E-state index contributed by atoms with van der Waals surface area (Å²) in [4.78, 5) is 2.46. The molecule has 86 valence electrons. The van der Waals surface area contributed by atoms with Gasteiger partial charge < -0.3 is 9.47 Å². The van der Waals surface area contributed by atoms with E-state index < -0.39 is 0 Å². The van der Waals surface area contributed by atoms with Crippen LogP contribution in [0.5, 0.6) is 0 Å². The molecule has 1 heterocycles. The quantitative estimate of drug-likeness (QED) is 0.650. The second-order valence-corrected chi connectivity index (χ2v) is 3.31. The van der Waals surface area contributed by atoms with Gasteiger partial charge in [-0.3, -0.25) is 4.90 Å². The molecular weight excluding hydrogens is 178 g/mol. The Kier molecular flexibility index (Phi) is 9.35. The fraction of sp³-hybridized carbons (Fsp3) is 1.00. The normalized spacial score (nSPS) is 22.7. The number of methoxy groups -OCH3 is 1. The molecule has 3 heteroatoms. The molecule has 1 rings (SSSR count). The predicted molar refractivity (Wildman–Crippen MR) is 59.7 cm³/mol. The van der Waals surface area contributed by atoms with Crippen LogP contribution in [0, 0.1) is 0 Å². The van der Waals surface area contributed by atoms with Gasteiger partial charge in [0.1, 0.15) is 0 Å². The monoisotopic (exact) mass is 203 g/mol. The van der Waals surface area contributed by atoms with Gasteiger partial charge in [0, 0.05) is 32.8 Å². The van der Waals surface area contributed by atoms with E-state index in [9.17, 15) is 0 Å². The zero-order valence-electron chi connectivity index (χ0n) is 10.1. The number of hydrogen-bond donors (Lipinski definition) is 0. The van der Waals surface area contributed by atoms with Crippen LogP contribution in [-0.4, -0.2) is 51.0 Å². The predicted octanol–water partition coefficient (Wildman–Crippen LogP) is 1.77. The van der Waals surface area contributed by atoms with Crippen LogP contribution in [0.4, 0.5) is 0 Å². The summed E-state index contributed by atoms with van der Waals surface area (Å²) in [5, 5.41) is 0. The molecule has 0 bridgehead atoms. The third-order valence-corrected chi connectivity index (χ3v) is 2.30. The van der Waals surface area contributed by atoms with E-state index >= 15 is 0 Å². The molecular formula is C11H25NO2. The van der Waals surface area contributed by atoms with Gasteiger partial charge in [0.25, 0.3) is 0 Å². The highest BCUT2D eigenvalue weighted by atomic mass is 16.5. The maximum Gasteiger partial charge on any atom is 0.0619 e. The van der Waals surface area contributed by atoms with Crippen molar-refractivity contribution in [1.82, 2.24) is 4.90 Å². The first-order chi connectivity index (χ1) is 6.84. The standard InChI is InChI=1S/C9H19NO2.C2H6/c1-9-8-12-7-5-10(9)4-3-6-11-2;1-2/h9H,3-8H2,1-2H3;1-2H3. The average molecular weight is 203 g/mol. The number of morpholine rings is 1. The zero-order valence-corrected chi connectivity index (χ0v) is 10.1. The maximum atomic E-state index is 5.35. The lowest BCUT2D eigenvalue weighted by molar-refractivity contribution is -0.00327. The van der Waals surface area contributed by atoms with Crippen LogP contribution in [0.25, 0.3) is 0 Å². The first-order valence-electron chi connectivity index (χ1n) is 5.65. The molecule has 0 aromatic carbocycles. The molecule has 0 amide bonds. The molecule has 0 radical (unpaired) electrons. The van der Waals surface area contributed by atoms with Gasteiger partial charge in [0.15, 0.2) is 0 Å². The highest BCUT2D eigenvalue weighted by Crippen LogP contribution is 2.06. The van der Waals surface area contributed by atoms with E-state index in [2.05, 4.69) is 11.8 Å². The van der Waals surface area contributed by atoms with Crippen molar-refractivity contribution in [2.75, 3.05) is 40.0 Å². The average Bonchev–Trinajstić information content (AvgIpc) is 2.24. The number of rotatable bonds is 4. The summed E-state index contributed by atoms with van der Waals surface area (Å²) in [6.45, 7) is 11.1. The van der Waals surface area contributed by atoms with Crippen molar-refractivity contribution in [2.45, 2.75) is 33.2 Å². The Morgan fingerprint density at radius 3 is 2.71 bits per heavy atom. The first kappa shape index (κ1) is 13.9. The van der Waals surface area contributed by atoms with Gasteiger partial charge in [-0.1, -0.05) is 13.8 Å². The molecule has 1 aliphatic heterocycles. The van der Waals surface area contributed by atoms with Crippen LogP contribution in [-0.2, 0) is 9.47 Å². The Balaban J connectivity index is 0.000000791. The smallest absolute Gasteiger partial charge is 0.0619 e. The maximum absolute atomic E-state index is 5.35. The van der Waals surface area contributed by atoms with E-state index in [0.29, 0.717) is 6.04 Å². The summed E-state index contributed by atoms with van der Waals surface area (Å²) < 4.78 is 10.4.